The van der Waals surface area contributed by atoms with Gasteiger partial charge in [0.15, 0.2) is 0 Å². The Labute approximate surface area is 77.3 Å². The van der Waals surface area contributed by atoms with Crippen LogP contribution in [-0.4, -0.2) is 30.0 Å². The summed E-state index contributed by atoms with van der Waals surface area (Å²) in [5.41, 5.74) is 0. The molecule has 1 amide bonds. The Morgan fingerprint density at radius 2 is 1.92 bits per heavy atom. The predicted octanol–water partition coefficient (Wildman–Crippen LogP) is 1.21. The lowest BCUT2D eigenvalue weighted by atomic mass is 9.84. The van der Waals surface area contributed by atoms with Crippen LogP contribution in [0.2, 0.25) is 0 Å². The molecule has 1 aliphatic carbocycles. The van der Waals surface area contributed by atoms with Crippen LogP contribution in [0.15, 0.2) is 0 Å². The maximum absolute atomic E-state index is 10.4. The molecule has 2 N–H and O–H groups in total. The van der Waals surface area contributed by atoms with Gasteiger partial charge in [-0.2, -0.15) is 0 Å². The summed E-state index contributed by atoms with van der Waals surface area (Å²) in [7, 11) is 0. The van der Waals surface area contributed by atoms with Crippen molar-refractivity contribution in [2.24, 2.45) is 5.92 Å². The van der Waals surface area contributed by atoms with E-state index >= 15 is 0 Å². The van der Waals surface area contributed by atoms with E-state index in [0.717, 1.165) is 32.3 Å². The van der Waals surface area contributed by atoms with E-state index in [-0.39, 0.29) is 6.04 Å². The van der Waals surface area contributed by atoms with Crippen molar-refractivity contribution in [1.29, 1.82) is 0 Å². The minimum Gasteiger partial charge on any atom is -0.465 e. The third-order valence-electron chi connectivity index (χ3n) is 2.98. The molecule has 1 saturated carbocycles. The molecule has 0 aromatic rings. The number of rotatable bonds is 2. The average Bonchev–Trinajstić information content (AvgIpc) is 2.87. The van der Waals surface area contributed by atoms with Gasteiger partial charge in [-0.05, 0) is 31.6 Å². The lowest BCUT2D eigenvalue weighted by Gasteiger charge is -2.27. The van der Waals surface area contributed by atoms with Crippen LogP contribution in [-0.2, 0) is 4.74 Å². The number of carboxylic acid groups (broad SMARTS) is 1. The van der Waals surface area contributed by atoms with Crippen LogP contribution < -0.4 is 5.32 Å². The topological polar surface area (TPSA) is 61.9 Å². The summed E-state index contributed by atoms with van der Waals surface area (Å²) < 4.78 is 5.23. The van der Waals surface area contributed by atoms with Gasteiger partial charge in [-0.15, -0.1) is 0 Å². The van der Waals surface area contributed by atoms with E-state index in [4.69, 9.17) is 9.84 Å². The minimum absolute atomic E-state index is 0.174. The van der Waals surface area contributed by atoms with E-state index in [1.165, 1.54) is 0 Å². The zero-order valence-corrected chi connectivity index (χ0v) is 7.53. The van der Waals surface area contributed by atoms with Crippen LogP contribution in [0, 0.1) is 5.92 Å². The molecule has 1 aliphatic heterocycles. The molecule has 2 rings (SSSR count). The molecular weight excluding hydrogens is 170 g/mol. The number of hydrogen-bond acceptors (Lipinski definition) is 2. The van der Waals surface area contributed by atoms with Crippen LogP contribution in [0.25, 0.3) is 0 Å². The summed E-state index contributed by atoms with van der Waals surface area (Å²) in [5, 5.41) is 11.1. The molecule has 4 nitrogen and oxygen atoms in total. The normalized spacial score (nSPS) is 38.3. The lowest BCUT2D eigenvalue weighted by Crippen LogP contribution is -2.37. The van der Waals surface area contributed by atoms with Gasteiger partial charge in [0.2, 0.25) is 0 Å². The molecular formula is C9H15NO3. The fourth-order valence-electron chi connectivity index (χ4n) is 2.14. The fourth-order valence-corrected chi connectivity index (χ4v) is 2.14. The SMILES string of the molecule is O=C(O)NC1CCC(C2CO2)CC1. The van der Waals surface area contributed by atoms with Crippen LogP contribution in [0.5, 0.6) is 0 Å². The third-order valence-corrected chi connectivity index (χ3v) is 2.98. The minimum atomic E-state index is -0.897. The van der Waals surface area contributed by atoms with Crippen molar-refractivity contribution in [3.63, 3.8) is 0 Å². The first-order valence-corrected chi connectivity index (χ1v) is 4.87. The van der Waals surface area contributed by atoms with E-state index in [1.54, 1.807) is 0 Å². The second kappa shape index (κ2) is 3.54. The standard InChI is InChI=1S/C9H15NO3/c11-9(12)10-7-3-1-6(2-4-7)8-5-13-8/h6-8,10H,1-5H2,(H,11,12). The third kappa shape index (κ3) is 2.34. The monoisotopic (exact) mass is 185 g/mol. The molecule has 74 valence electrons. The van der Waals surface area contributed by atoms with E-state index in [2.05, 4.69) is 5.32 Å². The number of ether oxygens (including phenoxy) is 1. The Kier molecular flexibility index (Phi) is 2.40. The predicted molar refractivity (Wildman–Crippen MR) is 46.6 cm³/mol. The summed E-state index contributed by atoms with van der Waals surface area (Å²) in [6.45, 7) is 0.918. The van der Waals surface area contributed by atoms with Crippen molar-refractivity contribution in [3.05, 3.63) is 0 Å². The van der Waals surface area contributed by atoms with Crippen LogP contribution in [0.1, 0.15) is 25.7 Å². The molecule has 0 aromatic carbocycles. The first-order chi connectivity index (χ1) is 6.25. The Bertz CT molecular complexity index is 195. The summed E-state index contributed by atoms with van der Waals surface area (Å²) in [6.07, 6.45) is 3.75. The Morgan fingerprint density at radius 3 is 2.38 bits per heavy atom. The Balaban J connectivity index is 1.72. The van der Waals surface area contributed by atoms with Crippen molar-refractivity contribution in [3.8, 4) is 0 Å². The molecule has 0 bridgehead atoms. The van der Waals surface area contributed by atoms with Crippen molar-refractivity contribution in [2.75, 3.05) is 6.61 Å². The van der Waals surface area contributed by atoms with E-state index in [0.29, 0.717) is 12.0 Å². The highest BCUT2D eigenvalue weighted by atomic mass is 16.6. The largest absolute Gasteiger partial charge is 0.465 e. The highest BCUT2D eigenvalue weighted by molar-refractivity contribution is 5.64. The molecule has 0 aromatic heterocycles. The van der Waals surface area contributed by atoms with Crippen molar-refractivity contribution in [2.45, 2.75) is 37.8 Å². The molecule has 2 aliphatic rings. The van der Waals surface area contributed by atoms with Gasteiger partial charge in [0.1, 0.15) is 0 Å². The first kappa shape index (κ1) is 8.81. The molecule has 13 heavy (non-hydrogen) atoms. The molecule has 4 heteroatoms. The molecule has 1 saturated heterocycles. The van der Waals surface area contributed by atoms with Gasteiger partial charge in [-0.25, -0.2) is 4.79 Å². The second-order valence-corrected chi connectivity index (χ2v) is 3.93. The molecule has 1 unspecified atom stereocenters. The molecule has 0 spiro atoms. The smallest absolute Gasteiger partial charge is 0.404 e. The molecule has 1 heterocycles. The number of carbonyl (C=O) groups is 1. The number of epoxide rings is 1. The van der Waals surface area contributed by atoms with Gasteiger partial charge in [0.05, 0.1) is 12.7 Å². The van der Waals surface area contributed by atoms with Crippen LogP contribution in [0.3, 0.4) is 0 Å². The van der Waals surface area contributed by atoms with Crippen LogP contribution >= 0.6 is 0 Å². The lowest BCUT2D eigenvalue weighted by molar-refractivity contribution is 0.178. The molecule has 0 radical (unpaired) electrons. The zero-order valence-electron chi connectivity index (χ0n) is 7.53. The van der Waals surface area contributed by atoms with Gasteiger partial charge < -0.3 is 15.2 Å². The molecule has 1 atom stereocenters. The Hall–Kier alpha value is -0.770. The van der Waals surface area contributed by atoms with Crippen molar-refractivity contribution in [1.82, 2.24) is 5.32 Å². The maximum Gasteiger partial charge on any atom is 0.404 e. The van der Waals surface area contributed by atoms with Gasteiger partial charge in [0.25, 0.3) is 0 Å². The van der Waals surface area contributed by atoms with Crippen molar-refractivity contribution < 1.29 is 14.6 Å². The maximum atomic E-state index is 10.4. The summed E-state index contributed by atoms with van der Waals surface area (Å²) in [5.74, 6) is 0.687. The number of nitrogens with one attached hydrogen (secondary N) is 1. The highest BCUT2D eigenvalue weighted by Crippen LogP contribution is 2.33. The summed E-state index contributed by atoms with van der Waals surface area (Å²) >= 11 is 0. The van der Waals surface area contributed by atoms with E-state index < -0.39 is 6.09 Å². The van der Waals surface area contributed by atoms with Crippen molar-refractivity contribution >= 4 is 6.09 Å². The van der Waals surface area contributed by atoms with Crippen LogP contribution in [0.4, 0.5) is 4.79 Å². The van der Waals surface area contributed by atoms with E-state index in [9.17, 15) is 4.79 Å². The van der Waals surface area contributed by atoms with E-state index in [1.807, 2.05) is 0 Å². The first-order valence-electron chi connectivity index (χ1n) is 4.87. The summed E-state index contributed by atoms with van der Waals surface area (Å²) in [4.78, 5) is 10.4. The highest BCUT2D eigenvalue weighted by Gasteiger charge is 2.35. The van der Waals surface area contributed by atoms with Gasteiger partial charge >= 0.3 is 6.09 Å². The second-order valence-electron chi connectivity index (χ2n) is 3.93. The zero-order chi connectivity index (χ0) is 9.26. The summed E-state index contributed by atoms with van der Waals surface area (Å²) in [6, 6.07) is 0.174. The Morgan fingerprint density at radius 1 is 1.31 bits per heavy atom. The number of hydrogen-bond donors (Lipinski definition) is 2. The number of amides is 1. The van der Waals surface area contributed by atoms with Gasteiger partial charge in [-0.3, -0.25) is 0 Å². The average molecular weight is 185 g/mol. The van der Waals surface area contributed by atoms with Gasteiger partial charge in [-0.1, -0.05) is 0 Å². The van der Waals surface area contributed by atoms with Gasteiger partial charge in [0, 0.05) is 6.04 Å². The molecule has 2 fully saturated rings. The fraction of sp³-hybridized carbons (Fsp3) is 0.889. The quantitative estimate of drug-likeness (QED) is 0.636.